The molecule has 86 valence electrons. The molecule has 0 saturated carbocycles. The highest BCUT2D eigenvalue weighted by atomic mass is 79.9. The Morgan fingerprint density at radius 2 is 1.71 bits per heavy atom. The lowest BCUT2D eigenvalue weighted by Crippen LogP contribution is -2.13. The number of hydrogen-bond acceptors (Lipinski definition) is 1. The highest BCUT2D eigenvalue weighted by Crippen LogP contribution is 2.16. The van der Waals surface area contributed by atoms with Crippen LogP contribution in [0.2, 0.25) is 0 Å². The van der Waals surface area contributed by atoms with Crippen molar-refractivity contribution in [2.75, 3.05) is 5.32 Å². The Hall–Kier alpha value is -1.61. The number of amides is 1. The van der Waals surface area contributed by atoms with Crippen LogP contribution in [0.3, 0.4) is 0 Å². The molecule has 0 fully saturated rings. The third kappa shape index (κ3) is 2.94. The zero-order valence-electron chi connectivity index (χ0n) is 9.41. The van der Waals surface area contributed by atoms with Crippen LogP contribution in [0.15, 0.2) is 53.0 Å². The predicted molar refractivity (Wildman–Crippen MR) is 73.3 cm³/mol. The second-order valence-corrected chi connectivity index (χ2v) is 4.69. The zero-order valence-corrected chi connectivity index (χ0v) is 11.0. The van der Waals surface area contributed by atoms with Gasteiger partial charge in [-0.1, -0.05) is 34.1 Å². The van der Waals surface area contributed by atoms with Crippen molar-refractivity contribution in [3.63, 3.8) is 0 Å². The van der Waals surface area contributed by atoms with Crippen molar-refractivity contribution in [2.24, 2.45) is 0 Å². The molecule has 2 nitrogen and oxygen atoms in total. The maximum atomic E-state index is 12.0. The molecule has 2 aromatic rings. The van der Waals surface area contributed by atoms with E-state index in [0.29, 0.717) is 5.56 Å². The van der Waals surface area contributed by atoms with E-state index in [9.17, 15) is 4.79 Å². The molecule has 2 rings (SSSR count). The van der Waals surface area contributed by atoms with Gasteiger partial charge in [0.25, 0.3) is 5.91 Å². The number of halogens is 1. The smallest absolute Gasteiger partial charge is 0.255 e. The molecule has 0 aliphatic rings. The number of rotatable bonds is 2. The van der Waals surface area contributed by atoms with Crippen molar-refractivity contribution >= 4 is 27.5 Å². The van der Waals surface area contributed by atoms with Gasteiger partial charge < -0.3 is 5.32 Å². The van der Waals surface area contributed by atoms with E-state index in [-0.39, 0.29) is 5.91 Å². The van der Waals surface area contributed by atoms with E-state index >= 15 is 0 Å². The van der Waals surface area contributed by atoms with E-state index < -0.39 is 0 Å². The van der Waals surface area contributed by atoms with Crippen LogP contribution in [0.5, 0.6) is 0 Å². The number of nitrogens with one attached hydrogen (secondary N) is 1. The fourth-order valence-electron chi connectivity index (χ4n) is 1.56. The van der Waals surface area contributed by atoms with Crippen molar-refractivity contribution in [1.82, 2.24) is 0 Å². The Bertz CT molecular complexity index is 534. The van der Waals surface area contributed by atoms with Crippen molar-refractivity contribution in [3.05, 3.63) is 64.1 Å². The van der Waals surface area contributed by atoms with Gasteiger partial charge in [0.05, 0.1) is 0 Å². The first-order chi connectivity index (χ1) is 8.16. The van der Waals surface area contributed by atoms with E-state index in [1.807, 2.05) is 55.5 Å². The molecule has 0 bridgehead atoms. The maximum Gasteiger partial charge on any atom is 0.255 e. The lowest BCUT2D eigenvalue weighted by Gasteiger charge is -2.07. The van der Waals surface area contributed by atoms with Gasteiger partial charge in [-0.3, -0.25) is 4.79 Å². The summed E-state index contributed by atoms with van der Waals surface area (Å²) >= 11 is 3.36. The van der Waals surface area contributed by atoms with E-state index in [0.717, 1.165) is 15.7 Å². The van der Waals surface area contributed by atoms with Crippen LogP contribution in [0, 0.1) is 6.92 Å². The van der Waals surface area contributed by atoms with Gasteiger partial charge in [-0.15, -0.1) is 0 Å². The van der Waals surface area contributed by atoms with Gasteiger partial charge in [0, 0.05) is 15.7 Å². The van der Waals surface area contributed by atoms with Gasteiger partial charge in [0.2, 0.25) is 0 Å². The average Bonchev–Trinajstić information content (AvgIpc) is 2.32. The molecule has 0 aromatic heterocycles. The molecular weight excluding hydrogens is 278 g/mol. The Kier molecular flexibility index (Phi) is 3.59. The summed E-state index contributed by atoms with van der Waals surface area (Å²) in [5.74, 6) is -0.0783. The van der Waals surface area contributed by atoms with Gasteiger partial charge in [0.15, 0.2) is 0 Å². The van der Waals surface area contributed by atoms with Crippen LogP contribution in [0.25, 0.3) is 0 Å². The van der Waals surface area contributed by atoms with Crippen LogP contribution in [0.1, 0.15) is 15.9 Å². The molecule has 3 heteroatoms. The lowest BCUT2D eigenvalue weighted by atomic mass is 10.1. The molecule has 0 aliphatic carbocycles. The fraction of sp³-hybridized carbons (Fsp3) is 0.0714. The number of carbonyl (C=O) groups excluding carboxylic acids is 1. The van der Waals surface area contributed by atoms with Crippen LogP contribution in [-0.2, 0) is 0 Å². The molecule has 0 heterocycles. The van der Waals surface area contributed by atoms with Crippen molar-refractivity contribution in [3.8, 4) is 0 Å². The first kappa shape index (κ1) is 11.9. The maximum absolute atomic E-state index is 12.0. The fourth-order valence-corrected chi connectivity index (χ4v) is 1.82. The first-order valence-electron chi connectivity index (χ1n) is 5.29. The van der Waals surface area contributed by atoms with Gasteiger partial charge in [0.1, 0.15) is 0 Å². The molecule has 1 amide bonds. The van der Waals surface area contributed by atoms with Crippen LogP contribution in [-0.4, -0.2) is 5.91 Å². The molecule has 17 heavy (non-hydrogen) atoms. The number of anilines is 1. The summed E-state index contributed by atoms with van der Waals surface area (Å²) in [6.07, 6.45) is 0. The van der Waals surface area contributed by atoms with Crippen molar-refractivity contribution in [2.45, 2.75) is 6.92 Å². The molecule has 0 saturated heterocycles. The molecule has 0 aliphatic heterocycles. The second kappa shape index (κ2) is 5.15. The number of aryl methyl sites for hydroxylation is 1. The van der Waals surface area contributed by atoms with Crippen LogP contribution < -0.4 is 5.32 Å². The Morgan fingerprint density at radius 1 is 1.06 bits per heavy atom. The van der Waals surface area contributed by atoms with Crippen LogP contribution >= 0.6 is 15.9 Å². The van der Waals surface area contributed by atoms with E-state index in [1.54, 1.807) is 0 Å². The minimum absolute atomic E-state index is 0.0783. The molecule has 0 spiro atoms. The van der Waals surface area contributed by atoms with E-state index in [1.165, 1.54) is 0 Å². The third-order valence-corrected chi connectivity index (χ3v) is 3.02. The summed E-state index contributed by atoms with van der Waals surface area (Å²) in [7, 11) is 0. The van der Waals surface area contributed by atoms with Crippen LogP contribution in [0.4, 0.5) is 5.69 Å². The summed E-state index contributed by atoms with van der Waals surface area (Å²) in [5, 5.41) is 2.87. The monoisotopic (exact) mass is 289 g/mol. The van der Waals surface area contributed by atoms with E-state index in [2.05, 4.69) is 21.2 Å². The molecule has 0 unspecified atom stereocenters. The predicted octanol–water partition coefficient (Wildman–Crippen LogP) is 4.01. The zero-order chi connectivity index (χ0) is 12.3. The summed E-state index contributed by atoms with van der Waals surface area (Å²) in [4.78, 5) is 12.0. The Labute approximate surface area is 109 Å². The number of benzene rings is 2. The molecular formula is C14H12BrNO. The average molecular weight is 290 g/mol. The molecule has 0 atom stereocenters. The standard InChI is InChI=1S/C14H12BrNO/c1-10-4-2-3-5-13(10)14(17)16-12-8-6-11(15)7-9-12/h2-9H,1H3,(H,16,17). The van der Waals surface area contributed by atoms with E-state index in [4.69, 9.17) is 0 Å². The topological polar surface area (TPSA) is 29.1 Å². The summed E-state index contributed by atoms with van der Waals surface area (Å²) in [5.41, 5.74) is 2.47. The first-order valence-corrected chi connectivity index (χ1v) is 6.08. The largest absolute Gasteiger partial charge is 0.322 e. The second-order valence-electron chi connectivity index (χ2n) is 3.78. The number of carbonyl (C=O) groups is 1. The highest BCUT2D eigenvalue weighted by Gasteiger charge is 2.07. The SMILES string of the molecule is Cc1ccccc1C(=O)Nc1ccc(Br)cc1. The minimum atomic E-state index is -0.0783. The van der Waals surface area contributed by atoms with Gasteiger partial charge in [-0.2, -0.15) is 0 Å². The molecule has 2 aromatic carbocycles. The van der Waals surface area contributed by atoms with Crippen molar-refractivity contribution in [1.29, 1.82) is 0 Å². The molecule has 0 radical (unpaired) electrons. The summed E-state index contributed by atoms with van der Waals surface area (Å²) < 4.78 is 0.992. The Morgan fingerprint density at radius 3 is 2.35 bits per heavy atom. The highest BCUT2D eigenvalue weighted by molar-refractivity contribution is 9.10. The normalized spacial score (nSPS) is 10.0. The van der Waals surface area contributed by atoms with Gasteiger partial charge in [-0.25, -0.2) is 0 Å². The third-order valence-electron chi connectivity index (χ3n) is 2.49. The molecule has 1 N–H and O–H groups in total. The summed E-state index contributed by atoms with van der Waals surface area (Å²) in [6, 6.07) is 15.1. The van der Waals surface area contributed by atoms with Gasteiger partial charge >= 0.3 is 0 Å². The lowest BCUT2D eigenvalue weighted by molar-refractivity contribution is 0.102. The number of hydrogen-bond donors (Lipinski definition) is 1. The Balaban J connectivity index is 2.17. The van der Waals surface area contributed by atoms with Crippen molar-refractivity contribution < 1.29 is 4.79 Å². The summed E-state index contributed by atoms with van der Waals surface area (Å²) in [6.45, 7) is 1.93. The van der Waals surface area contributed by atoms with Gasteiger partial charge in [-0.05, 0) is 42.8 Å². The minimum Gasteiger partial charge on any atom is -0.322 e. The quantitative estimate of drug-likeness (QED) is 0.889.